The van der Waals surface area contributed by atoms with E-state index in [4.69, 9.17) is 9.47 Å². The van der Waals surface area contributed by atoms with Gasteiger partial charge in [0.05, 0.1) is 31.6 Å². The number of aliphatic hydroxyl groups is 4. The van der Waals surface area contributed by atoms with Gasteiger partial charge in [0, 0.05) is 37.5 Å². The van der Waals surface area contributed by atoms with Crippen LogP contribution in [0.4, 0.5) is 4.39 Å². The minimum absolute atomic E-state index is 0.233. The third-order valence-corrected chi connectivity index (χ3v) is 6.06. The number of nitrogens with zero attached hydrogens (tertiary/aromatic N) is 2. The van der Waals surface area contributed by atoms with E-state index in [2.05, 4.69) is 4.98 Å². The van der Waals surface area contributed by atoms with E-state index in [1.165, 1.54) is 19.2 Å². The summed E-state index contributed by atoms with van der Waals surface area (Å²) >= 11 is 0. The molecule has 1 aliphatic heterocycles. The van der Waals surface area contributed by atoms with Crippen LogP contribution in [0.3, 0.4) is 0 Å². The molecule has 8 nitrogen and oxygen atoms in total. The Morgan fingerprint density at radius 1 is 0.941 bits per heavy atom. The van der Waals surface area contributed by atoms with Crippen LogP contribution in [0.5, 0.6) is 5.75 Å². The highest BCUT2D eigenvalue weighted by molar-refractivity contribution is 5.64. The predicted octanol–water partition coefficient (Wildman–Crippen LogP) is 1.73. The molecular formula is C25H35FN2O6. The first-order chi connectivity index (χ1) is 16.4. The molecule has 0 aliphatic carbocycles. The number of ether oxygens (including phenoxy) is 2. The molecule has 1 fully saturated rings. The van der Waals surface area contributed by atoms with Gasteiger partial charge in [-0.15, -0.1) is 0 Å². The maximum atomic E-state index is 13.7. The number of methoxy groups -OCH3 is 1. The molecule has 2 aromatic rings. The Bertz CT molecular complexity index is 868. The van der Waals surface area contributed by atoms with Crippen molar-refractivity contribution in [3.8, 4) is 16.9 Å². The van der Waals surface area contributed by atoms with Crippen LogP contribution in [0.1, 0.15) is 31.4 Å². The molecule has 1 aromatic heterocycles. The Labute approximate surface area is 199 Å². The Morgan fingerprint density at radius 3 is 2.29 bits per heavy atom. The van der Waals surface area contributed by atoms with Crippen molar-refractivity contribution in [3.05, 3.63) is 48.0 Å². The first kappa shape index (κ1) is 26.5. The summed E-state index contributed by atoms with van der Waals surface area (Å²) in [6.45, 7) is 2.17. The summed E-state index contributed by atoms with van der Waals surface area (Å²) in [5.74, 6) is 0.0996. The Kier molecular flexibility index (Phi) is 10.2. The molecule has 0 amide bonds. The molecule has 0 saturated carbocycles. The summed E-state index contributed by atoms with van der Waals surface area (Å²) in [4.78, 5) is 6.27. The summed E-state index contributed by atoms with van der Waals surface area (Å²) in [7, 11) is 1.50. The van der Waals surface area contributed by atoms with Gasteiger partial charge in [-0.05, 0) is 43.1 Å². The van der Waals surface area contributed by atoms with Gasteiger partial charge in [-0.2, -0.15) is 0 Å². The van der Waals surface area contributed by atoms with Gasteiger partial charge in [-0.25, -0.2) is 4.39 Å². The molecule has 1 aliphatic rings. The van der Waals surface area contributed by atoms with Crippen LogP contribution in [0.15, 0.2) is 36.5 Å². The van der Waals surface area contributed by atoms with Crippen molar-refractivity contribution in [3.63, 3.8) is 0 Å². The highest BCUT2D eigenvalue weighted by Crippen LogP contribution is 2.25. The fourth-order valence-corrected chi connectivity index (χ4v) is 4.06. The Hall–Kier alpha value is -2.14. The van der Waals surface area contributed by atoms with Crippen molar-refractivity contribution < 1.29 is 34.3 Å². The van der Waals surface area contributed by atoms with E-state index >= 15 is 0 Å². The first-order valence-corrected chi connectivity index (χ1v) is 11.7. The highest BCUT2D eigenvalue weighted by Gasteiger charge is 2.35. The van der Waals surface area contributed by atoms with Crippen LogP contribution < -0.4 is 4.74 Å². The van der Waals surface area contributed by atoms with Crippen LogP contribution in [0.25, 0.3) is 11.1 Å². The summed E-state index contributed by atoms with van der Waals surface area (Å²) in [6.07, 6.45) is 0.657. The number of aromatic nitrogens is 1. The van der Waals surface area contributed by atoms with Crippen LogP contribution in [0, 0.1) is 5.82 Å². The van der Waals surface area contributed by atoms with Gasteiger partial charge in [-0.1, -0.05) is 18.9 Å². The van der Waals surface area contributed by atoms with Crippen molar-refractivity contribution in [1.29, 1.82) is 0 Å². The maximum Gasteiger partial charge on any atom is 0.127 e. The van der Waals surface area contributed by atoms with E-state index in [1.807, 2.05) is 17.0 Å². The highest BCUT2D eigenvalue weighted by atomic mass is 19.1. The summed E-state index contributed by atoms with van der Waals surface area (Å²) in [6, 6.07) is 8.29. The Balaban J connectivity index is 1.30. The summed E-state index contributed by atoms with van der Waals surface area (Å²) in [5.41, 5.74) is 2.30. The van der Waals surface area contributed by atoms with E-state index in [9.17, 15) is 24.8 Å². The zero-order chi connectivity index (χ0) is 24.5. The fraction of sp³-hybridized carbons (Fsp3) is 0.560. The lowest BCUT2D eigenvalue weighted by atomic mass is 10.1. The number of aliphatic hydroxyl groups excluding tert-OH is 4. The third-order valence-electron chi connectivity index (χ3n) is 6.06. The topological polar surface area (TPSA) is 116 Å². The van der Waals surface area contributed by atoms with Crippen molar-refractivity contribution in [2.45, 2.75) is 56.7 Å². The number of hydrogen-bond acceptors (Lipinski definition) is 8. The molecule has 4 atom stereocenters. The molecule has 0 radical (unpaired) electrons. The van der Waals surface area contributed by atoms with Crippen LogP contribution in [0.2, 0.25) is 0 Å². The third kappa shape index (κ3) is 7.69. The standard InChI is InChI=1S/C25H35FN2O6/c1-33-21-11-18(10-19(26)12-21)17-6-7-20(27-13-17)16-34-9-5-3-2-4-8-28-14-22(29)24(31)25(32)23(30)15-28/h6-7,10-13,22-25,29-32H,2-5,8-9,14-16H2,1H3/t22-,23-,24+,25+/m0/s1. The van der Waals surface area contributed by atoms with Gasteiger partial charge >= 0.3 is 0 Å². The van der Waals surface area contributed by atoms with Crippen molar-refractivity contribution in [2.24, 2.45) is 0 Å². The molecule has 3 rings (SSSR count). The molecule has 1 saturated heterocycles. The predicted molar refractivity (Wildman–Crippen MR) is 125 cm³/mol. The maximum absolute atomic E-state index is 13.7. The lowest BCUT2D eigenvalue weighted by molar-refractivity contribution is -0.0894. The van der Waals surface area contributed by atoms with Gasteiger partial charge in [0.15, 0.2) is 0 Å². The number of rotatable bonds is 11. The zero-order valence-corrected chi connectivity index (χ0v) is 19.5. The molecule has 2 heterocycles. The number of hydrogen-bond donors (Lipinski definition) is 4. The second-order valence-corrected chi connectivity index (χ2v) is 8.76. The number of likely N-dealkylation sites (tertiary alicyclic amines) is 1. The fourth-order valence-electron chi connectivity index (χ4n) is 4.06. The second-order valence-electron chi connectivity index (χ2n) is 8.76. The zero-order valence-electron chi connectivity index (χ0n) is 19.5. The molecule has 0 spiro atoms. The SMILES string of the molecule is COc1cc(F)cc(-c2ccc(COCCCCCCN3C[C@H](O)[C@@H](O)[C@H](O)[C@@H](O)C3)nc2)c1. The van der Waals surface area contributed by atoms with Gasteiger partial charge in [0.2, 0.25) is 0 Å². The monoisotopic (exact) mass is 478 g/mol. The van der Waals surface area contributed by atoms with Crippen molar-refractivity contribution in [1.82, 2.24) is 9.88 Å². The van der Waals surface area contributed by atoms with Crippen LogP contribution in [-0.2, 0) is 11.3 Å². The molecule has 9 heteroatoms. The van der Waals surface area contributed by atoms with Crippen LogP contribution >= 0.6 is 0 Å². The largest absolute Gasteiger partial charge is 0.497 e. The number of halogens is 1. The molecule has 34 heavy (non-hydrogen) atoms. The van der Waals surface area contributed by atoms with Crippen molar-refractivity contribution >= 4 is 0 Å². The summed E-state index contributed by atoms with van der Waals surface area (Å²) in [5, 5.41) is 39.3. The Morgan fingerprint density at radius 2 is 1.65 bits per heavy atom. The van der Waals surface area contributed by atoms with Gasteiger partial charge < -0.3 is 29.9 Å². The molecular weight excluding hydrogens is 443 g/mol. The van der Waals surface area contributed by atoms with Gasteiger partial charge in [0.25, 0.3) is 0 Å². The number of unbranched alkanes of at least 4 members (excludes halogenated alkanes) is 3. The summed E-state index contributed by atoms with van der Waals surface area (Å²) < 4.78 is 24.5. The van der Waals surface area contributed by atoms with E-state index in [0.717, 1.165) is 36.9 Å². The molecule has 0 bridgehead atoms. The molecule has 4 N–H and O–H groups in total. The number of benzene rings is 1. The van der Waals surface area contributed by atoms with E-state index in [1.54, 1.807) is 12.3 Å². The van der Waals surface area contributed by atoms with E-state index < -0.39 is 24.4 Å². The van der Waals surface area contributed by atoms with Crippen LogP contribution in [-0.4, -0.2) is 88.1 Å². The van der Waals surface area contributed by atoms with E-state index in [0.29, 0.717) is 31.1 Å². The molecule has 0 unspecified atom stereocenters. The minimum Gasteiger partial charge on any atom is -0.497 e. The number of β-amino-alcohol motifs (C(OH)–C–C–N with tert-alkyl or cyclic N) is 2. The van der Waals surface area contributed by atoms with Gasteiger partial charge in [0.1, 0.15) is 23.8 Å². The molecule has 188 valence electrons. The average molecular weight is 479 g/mol. The average Bonchev–Trinajstić information content (AvgIpc) is 2.92. The first-order valence-electron chi connectivity index (χ1n) is 11.7. The minimum atomic E-state index is -1.33. The smallest absolute Gasteiger partial charge is 0.127 e. The quantitative estimate of drug-likeness (QED) is 0.361. The normalized spacial score (nSPS) is 23.6. The number of pyridine rings is 1. The van der Waals surface area contributed by atoms with Gasteiger partial charge in [-0.3, -0.25) is 9.88 Å². The lowest BCUT2D eigenvalue weighted by Crippen LogP contribution is -2.43. The van der Waals surface area contributed by atoms with Crippen molar-refractivity contribution in [2.75, 3.05) is 33.4 Å². The lowest BCUT2D eigenvalue weighted by Gasteiger charge is -2.23. The molecule has 1 aromatic carbocycles. The second kappa shape index (κ2) is 13.1. The van der Waals surface area contributed by atoms with E-state index in [-0.39, 0.29) is 18.9 Å².